The number of halogens is 1. The molecule has 1 fully saturated rings. The minimum absolute atomic E-state index is 0.0560. The monoisotopic (exact) mass is 269 g/mol. The van der Waals surface area contributed by atoms with E-state index in [1.165, 1.54) is 0 Å². The lowest BCUT2D eigenvalue weighted by Crippen LogP contribution is -2.47. The van der Waals surface area contributed by atoms with Gasteiger partial charge in [-0.05, 0) is 17.7 Å². The predicted octanol–water partition coefficient (Wildman–Crippen LogP) is 1.71. The molecule has 0 atom stereocenters. The van der Waals surface area contributed by atoms with Crippen LogP contribution in [0.25, 0.3) is 0 Å². The number of esters is 1. The van der Waals surface area contributed by atoms with Crippen molar-refractivity contribution in [1.82, 2.24) is 5.32 Å². The number of nitrogens with one attached hydrogen (secondary N) is 1. The van der Waals surface area contributed by atoms with Gasteiger partial charge in [0.15, 0.2) is 0 Å². The first-order chi connectivity index (χ1) is 7.25. The molecular weight excluding hydrogens is 258 g/mol. The average molecular weight is 270 g/mol. The molecule has 1 aromatic carbocycles. The van der Waals surface area contributed by atoms with Gasteiger partial charge in [0.05, 0.1) is 5.92 Å². The van der Waals surface area contributed by atoms with Gasteiger partial charge >= 0.3 is 5.97 Å². The van der Waals surface area contributed by atoms with E-state index in [1.807, 2.05) is 24.3 Å². The first-order valence-electron chi connectivity index (χ1n) is 4.87. The Bertz CT molecular complexity index is 346. The molecule has 1 N–H and O–H groups in total. The van der Waals surface area contributed by atoms with Crippen LogP contribution in [0.1, 0.15) is 5.56 Å². The van der Waals surface area contributed by atoms with Crippen molar-refractivity contribution in [3.05, 3.63) is 34.3 Å². The van der Waals surface area contributed by atoms with Crippen LogP contribution in [0.3, 0.4) is 0 Å². The molecule has 1 aromatic rings. The van der Waals surface area contributed by atoms with Crippen molar-refractivity contribution in [1.29, 1.82) is 0 Å². The lowest BCUT2D eigenvalue weighted by atomic mass is 10.0. The Morgan fingerprint density at radius 2 is 2.07 bits per heavy atom. The molecule has 0 aromatic heterocycles. The summed E-state index contributed by atoms with van der Waals surface area (Å²) in [6.45, 7) is 1.86. The van der Waals surface area contributed by atoms with Crippen molar-refractivity contribution in [3.63, 3.8) is 0 Å². The summed E-state index contributed by atoms with van der Waals surface area (Å²) in [5.74, 6) is -0.0443. The van der Waals surface area contributed by atoms with Crippen molar-refractivity contribution in [2.45, 2.75) is 6.61 Å². The topological polar surface area (TPSA) is 38.3 Å². The normalized spacial score (nSPS) is 15.8. The predicted molar refractivity (Wildman–Crippen MR) is 60.3 cm³/mol. The summed E-state index contributed by atoms with van der Waals surface area (Å²) >= 11 is 3.35. The molecule has 2 rings (SSSR count). The van der Waals surface area contributed by atoms with E-state index >= 15 is 0 Å². The van der Waals surface area contributed by atoms with Crippen molar-refractivity contribution >= 4 is 21.9 Å². The molecule has 15 heavy (non-hydrogen) atoms. The number of ether oxygens (including phenoxy) is 1. The van der Waals surface area contributed by atoms with E-state index in [-0.39, 0.29) is 11.9 Å². The zero-order chi connectivity index (χ0) is 10.7. The van der Waals surface area contributed by atoms with Crippen LogP contribution in [-0.4, -0.2) is 19.1 Å². The van der Waals surface area contributed by atoms with Gasteiger partial charge in [0, 0.05) is 17.6 Å². The van der Waals surface area contributed by atoms with Gasteiger partial charge in [-0.1, -0.05) is 28.1 Å². The van der Waals surface area contributed by atoms with E-state index in [0.29, 0.717) is 6.61 Å². The van der Waals surface area contributed by atoms with Crippen LogP contribution in [0.4, 0.5) is 0 Å². The van der Waals surface area contributed by atoms with E-state index in [1.54, 1.807) is 0 Å². The highest BCUT2D eigenvalue weighted by Gasteiger charge is 2.26. The van der Waals surface area contributed by atoms with E-state index in [4.69, 9.17) is 4.74 Å². The molecule has 4 heteroatoms. The average Bonchev–Trinajstić information content (AvgIpc) is 2.14. The lowest BCUT2D eigenvalue weighted by molar-refractivity contribution is -0.151. The molecule has 1 aliphatic rings. The molecule has 0 spiro atoms. The SMILES string of the molecule is O=C(OCc1ccc(Br)cc1)C1CNC1. The number of hydrogen-bond donors (Lipinski definition) is 1. The van der Waals surface area contributed by atoms with Crippen LogP contribution >= 0.6 is 15.9 Å². The van der Waals surface area contributed by atoms with Gasteiger partial charge in [-0.2, -0.15) is 0 Å². The summed E-state index contributed by atoms with van der Waals surface area (Å²) in [5.41, 5.74) is 1.01. The third-order valence-corrected chi connectivity index (χ3v) is 2.94. The molecule has 1 heterocycles. The highest BCUT2D eigenvalue weighted by Crippen LogP contribution is 2.12. The third kappa shape index (κ3) is 2.79. The fourth-order valence-corrected chi connectivity index (χ4v) is 1.57. The van der Waals surface area contributed by atoms with Gasteiger partial charge in [-0.25, -0.2) is 0 Å². The second kappa shape index (κ2) is 4.77. The third-order valence-electron chi connectivity index (χ3n) is 2.41. The Morgan fingerprint density at radius 3 is 2.60 bits per heavy atom. The molecule has 0 aliphatic carbocycles. The molecule has 1 saturated heterocycles. The molecule has 1 aliphatic heterocycles. The fourth-order valence-electron chi connectivity index (χ4n) is 1.31. The summed E-state index contributed by atoms with van der Waals surface area (Å²) in [6.07, 6.45) is 0. The molecular formula is C11H12BrNO2. The zero-order valence-electron chi connectivity index (χ0n) is 8.20. The van der Waals surface area contributed by atoms with Gasteiger partial charge in [0.1, 0.15) is 6.61 Å². The number of carbonyl (C=O) groups is 1. The number of carbonyl (C=O) groups excluding carboxylic acids is 1. The fraction of sp³-hybridized carbons (Fsp3) is 0.364. The van der Waals surface area contributed by atoms with E-state index in [2.05, 4.69) is 21.2 Å². The van der Waals surface area contributed by atoms with Gasteiger partial charge in [0.25, 0.3) is 0 Å². The van der Waals surface area contributed by atoms with Crippen LogP contribution < -0.4 is 5.32 Å². The summed E-state index contributed by atoms with van der Waals surface area (Å²) in [4.78, 5) is 11.4. The van der Waals surface area contributed by atoms with E-state index in [0.717, 1.165) is 23.1 Å². The smallest absolute Gasteiger partial charge is 0.311 e. The molecule has 0 bridgehead atoms. The Kier molecular flexibility index (Phi) is 3.38. The Hall–Kier alpha value is -0.870. The second-order valence-corrected chi connectivity index (χ2v) is 4.51. The Labute approximate surface area is 96.9 Å². The highest BCUT2D eigenvalue weighted by molar-refractivity contribution is 9.10. The van der Waals surface area contributed by atoms with Crippen LogP contribution in [0.5, 0.6) is 0 Å². The molecule has 0 radical (unpaired) electrons. The van der Waals surface area contributed by atoms with Crippen molar-refractivity contribution in [2.75, 3.05) is 13.1 Å². The summed E-state index contributed by atoms with van der Waals surface area (Å²) in [6, 6.07) is 7.76. The lowest BCUT2D eigenvalue weighted by Gasteiger charge is -2.24. The molecule has 0 amide bonds. The standard InChI is InChI=1S/C11H12BrNO2/c12-10-3-1-8(2-4-10)7-15-11(14)9-5-13-6-9/h1-4,9,13H,5-7H2. The van der Waals surface area contributed by atoms with Gasteiger partial charge < -0.3 is 10.1 Å². The minimum Gasteiger partial charge on any atom is -0.461 e. The molecule has 0 saturated carbocycles. The minimum atomic E-state index is -0.100. The molecule has 80 valence electrons. The number of rotatable bonds is 3. The summed E-state index contributed by atoms with van der Waals surface area (Å²) < 4.78 is 6.21. The van der Waals surface area contributed by atoms with Gasteiger partial charge in [-0.3, -0.25) is 4.79 Å². The maximum Gasteiger partial charge on any atom is 0.311 e. The molecule has 0 unspecified atom stereocenters. The van der Waals surface area contributed by atoms with Crippen molar-refractivity contribution < 1.29 is 9.53 Å². The Balaban J connectivity index is 1.82. The van der Waals surface area contributed by atoms with E-state index in [9.17, 15) is 4.79 Å². The van der Waals surface area contributed by atoms with Crippen molar-refractivity contribution in [2.24, 2.45) is 5.92 Å². The zero-order valence-corrected chi connectivity index (χ0v) is 9.79. The van der Waals surface area contributed by atoms with Gasteiger partial charge in [0.2, 0.25) is 0 Å². The maximum atomic E-state index is 11.4. The highest BCUT2D eigenvalue weighted by atomic mass is 79.9. The second-order valence-electron chi connectivity index (χ2n) is 3.59. The summed E-state index contributed by atoms with van der Waals surface area (Å²) in [5, 5.41) is 3.04. The Morgan fingerprint density at radius 1 is 1.40 bits per heavy atom. The number of benzene rings is 1. The first-order valence-corrected chi connectivity index (χ1v) is 5.67. The van der Waals surface area contributed by atoms with Crippen LogP contribution in [0, 0.1) is 5.92 Å². The summed E-state index contributed by atoms with van der Waals surface area (Å²) in [7, 11) is 0. The molecule has 3 nitrogen and oxygen atoms in total. The van der Waals surface area contributed by atoms with Crippen molar-refractivity contribution in [3.8, 4) is 0 Å². The van der Waals surface area contributed by atoms with Crippen LogP contribution in [0.2, 0.25) is 0 Å². The van der Waals surface area contributed by atoms with Gasteiger partial charge in [-0.15, -0.1) is 0 Å². The quantitative estimate of drug-likeness (QED) is 0.850. The first kappa shape index (κ1) is 10.6. The van der Waals surface area contributed by atoms with E-state index < -0.39 is 0 Å². The number of hydrogen-bond acceptors (Lipinski definition) is 3. The largest absolute Gasteiger partial charge is 0.461 e. The van der Waals surface area contributed by atoms with Crippen LogP contribution in [0.15, 0.2) is 28.7 Å². The van der Waals surface area contributed by atoms with Crippen LogP contribution in [-0.2, 0) is 16.1 Å². The maximum absolute atomic E-state index is 11.4.